The summed E-state index contributed by atoms with van der Waals surface area (Å²) in [7, 11) is -1.89. The topological polar surface area (TPSA) is 88.6 Å². The lowest BCUT2D eigenvalue weighted by molar-refractivity contribution is 0.0601. The van der Waals surface area contributed by atoms with Gasteiger partial charge in [-0.3, -0.25) is 9.59 Å². The zero-order chi connectivity index (χ0) is 27.2. The standard InChI is InChI=1S/C32H31N2O4P/c1-38-32(37)27-22-28(35)33-29(23-14-6-2-7-15-23)30(27)39(25-18-10-4-11-19-25,26-20-12-5-13-21-26)34-31(36)24-16-8-3-9-17-24/h3-5,8-13,16-23H,2,6-7,14-15H2,1H3,(H,33,35). The number of carbonyl (C=O) groups is 2. The molecule has 0 unspecified atom stereocenters. The molecule has 39 heavy (non-hydrogen) atoms. The van der Waals surface area contributed by atoms with Crippen molar-refractivity contribution >= 4 is 34.8 Å². The zero-order valence-electron chi connectivity index (χ0n) is 21.9. The fraction of sp³-hybridized carbons (Fsp3) is 0.219. The second-order valence-corrected chi connectivity index (χ2v) is 12.7. The van der Waals surface area contributed by atoms with Crippen LogP contribution in [0, 0.1) is 0 Å². The normalized spacial score (nSPS) is 14.0. The van der Waals surface area contributed by atoms with E-state index in [4.69, 9.17) is 9.48 Å². The largest absolute Gasteiger partial charge is 0.465 e. The number of nitrogens with zero attached hydrogens (tertiary/aromatic N) is 1. The highest BCUT2D eigenvalue weighted by molar-refractivity contribution is 7.87. The molecule has 0 saturated heterocycles. The molecule has 1 aliphatic rings. The number of amides is 1. The van der Waals surface area contributed by atoms with Crippen LogP contribution in [-0.2, 0) is 4.74 Å². The molecule has 0 radical (unpaired) electrons. The van der Waals surface area contributed by atoms with Crippen LogP contribution >= 0.6 is 7.05 Å². The molecule has 4 aromatic rings. The molecular formula is C32H31N2O4P. The minimum absolute atomic E-state index is 0.0277. The maximum absolute atomic E-state index is 14.0. The van der Waals surface area contributed by atoms with Gasteiger partial charge in [0.2, 0.25) is 5.56 Å². The molecule has 0 bridgehead atoms. The minimum Gasteiger partial charge on any atom is -0.465 e. The molecule has 5 rings (SSSR count). The van der Waals surface area contributed by atoms with Crippen LogP contribution in [-0.4, -0.2) is 24.0 Å². The molecule has 7 heteroatoms. The Morgan fingerprint density at radius 2 is 1.36 bits per heavy atom. The lowest BCUT2D eigenvalue weighted by Gasteiger charge is -2.32. The minimum atomic E-state index is -3.20. The Bertz CT molecular complexity index is 1530. The van der Waals surface area contributed by atoms with Gasteiger partial charge in [0.05, 0.1) is 19.7 Å². The third-order valence-electron chi connectivity index (χ3n) is 7.31. The van der Waals surface area contributed by atoms with Gasteiger partial charge in [-0.25, -0.2) is 9.54 Å². The summed E-state index contributed by atoms with van der Waals surface area (Å²) < 4.78 is 10.3. The zero-order valence-corrected chi connectivity index (χ0v) is 22.8. The third-order valence-corrected chi connectivity index (χ3v) is 11.0. The predicted octanol–water partition coefficient (Wildman–Crippen LogP) is 5.53. The van der Waals surface area contributed by atoms with Crippen molar-refractivity contribution in [3.05, 3.63) is 124 Å². The highest BCUT2D eigenvalue weighted by Crippen LogP contribution is 2.50. The molecule has 6 nitrogen and oxygen atoms in total. The number of carbonyl (C=O) groups excluding carboxylic acids is 2. The van der Waals surface area contributed by atoms with Crippen molar-refractivity contribution in [2.45, 2.75) is 38.0 Å². The molecule has 1 aromatic heterocycles. The molecule has 1 saturated carbocycles. The monoisotopic (exact) mass is 538 g/mol. The van der Waals surface area contributed by atoms with Crippen molar-refractivity contribution in [3.63, 3.8) is 0 Å². The summed E-state index contributed by atoms with van der Waals surface area (Å²) in [5.41, 5.74) is 0.936. The molecule has 0 atom stereocenters. The van der Waals surface area contributed by atoms with Crippen molar-refractivity contribution in [2.75, 3.05) is 7.11 Å². The molecule has 198 valence electrons. The molecule has 1 fully saturated rings. The quantitative estimate of drug-likeness (QED) is 0.258. The van der Waals surface area contributed by atoms with Gasteiger partial charge in [0.15, 0.2) is 0 Å². The van der Waals surface area contributed by atoms with Crippen LogP contribution < -0.4 is 21.5 Å². The van der Waals surface area contributed by atoms with Crippen LogP contribution in [0.15, 0.2) is 107 Å². The van der Waals surface area contributed by atoms with Gasteiger partial charge in [-0.05, 0) is 30.9 Å². The molecular weight excluding hydrogens is 507 g/mol. The van der Waals surface area contributed by atoms with Gasteiger partial charge in [0.1, 0.15) is 0 Å². The van der Waals surface area contributed by atoms with E-state index < -0.39 is 13.0 Å². The number of pyridine rings is 1. The Balaban J connectivity index is 1.98. The summed E-state index contributed by atoms with van der Waals surface area (Å²) in [6, 6.07) is 29.6. The molecule has 1 aliphatic carbocycles. The van der Waals surface area contributed by atoms with Crippen LogP contribution in [0.25, 0.3) is 0 Å². The number of esters is 1. The highest BCUT2D eigenvalue weighted by atomic mass is 31.2. The van der Waals surface area contributed by atoms with Gasteiger partial charge >= 0.3 is 5.97 Å². The summed E-state index contributed by atoms with van der Waals surface area (Å²) in [5, 5.41) is 2.23. The first kappa shape index (κ1) is 26.6. The number of ether oxygens (including phenoxy) is 1. The van der Waals surface area contributed by atoms with Crippen molar-refractivity contribution in [3.8, 4) is 0 Å². The Labute approximate surface area is 228 Å². The van der Waals surface area contributed by atoms with Gasteiger partial charge in [0.25, 0.3) is 5.91 Å². The maximum atomic E-state index is 14.0. The van der Waals surface area contributed by atoms with E-state index in [9.17, 15) is 14.4 Å². The SMILES string of the molecule is COC(=O)c1cc(=O)[nH]c(C2CCCCC2)c1P(=NC(=O)c1ccccc1)(c1ccccc1)c1ccccc1. The number of rotatable bonds is 6. The Kier molecular flexibility index (Phi) is 8.04. The van der Waals surface area contributed by atoms with Crippen LogP contribution in [0.4, 0.5) is 0 Å². The third kappa shape index (κ3) is 5.30. The fourth-order valence-electron chi connectivity index (χ4n) is 5.51. The van der Waals surface area contributed by atoms with E-state index >= 15 is 0 Å². The van der Waals surface area contributed by atoms with E-state index in [-0.39, 0.29) is 22.9 Å². The lowest BCUT2D eigenvalue weighted by atomic mass is 9.86. The van der Waals surface area contributed by atoms with Crippen molar-refractivity contribution in [1.82, 2.24) is 4.98 Å². The van der Waals surface area contributed by atoms with Gasteiger partial charge < -0.3 is 9.72 Å². The number of aromatic nitrogens is 1. The van der Waals surface area contributed by atoms with Crippen LogP contribution in [0.2, 0.25) is 0 Å². The Hall–Kier alpha value is -4.02. The first-order valence-corrected chi connectivity index (χ1v) is 15.0. The average molecular weight is 539 g/mol. The summed E-state index contributed by atoms with van der Waals surface area (Å²) in [5.74, 6) is -0.972. The number of benzene rings is 3. The molecule has 1 heterocycles. The molecule has 0 aliphatic heterocycles. The predicted molar refractivity (Wildman–Crippen MR) is 156 cm³/mol. The van der Waals surface area contributed by atoms with E-state index in [2.05, 4.69) is 4.98 Å². The number of hydrogen-bond acceptors (Lipinski definition) is 4. The number of H-pyrrole nitrogens is 1. The van der Waals surface area contributed by atoms with Crippen molar-refractivity contribution < 1.29 is 14.3 Å². The molecule has 3 aromatic carbocycles. The molecule has 1 N–H and O–H groups in total. The van der Waals surface area contributed by atoms with Gasteiger partial charge in [-0.15, -0.1) is 0 Å². The van der Waals surface area contributed by atoms with Crippen LogP contribution in [0.3, 0.4) is 0 Å². The molecule has 0 spiro atoms. The summed E-state index contributed by atoms with van der Waals surface area (Å²) >= 11 is 0. The molecule has 1 amide bonds. The van der Waals surface area contributed by atoms with E-state index in [1.54, 1.807) is 24.3 Å². The number of methoxy groups -OCH3 is 1. The van der Waals surface area contributed by atoms with Gasteiger partial charge in [-0.1, -0.05) is 98.1 Å². The van der Waals surface area contributed by atoms with Crippen LogP contribution in [0.1, 0.15) is 64.4 Å². The van der Waals surface area contributed by atoms with Gasteiger partial charge in [-0.2, -0.15) is 0 Å². The first-order valence-electron chi connectivity index (χ1n) is 13.2. The van der Waals surface area contributed by atoms with E-state index in [0.717, 1.165) is 42.7 Å². The summed E-state index contributed by atoms with van der Waals surface area (Å²) in [6.07, 6.45) is 4.93. The first-order chi connectivity index (χ1) is 19.0. The summed E-state index contributed by atoms with van der Waals surface area (Å²) in [4.78, 5) is 43.5. The van der Waals surface area contributed by atoms with Crippen molar-refractivity contribution in [2.24, 2.45) is 4.74 Å². The van der Waals surface area contributed by atoms with E-state index in [1.807, 2.05) is 66.7 Å². The van der Waals surface area contributed by atoms with Crippen molar-refractivity contribution in [1.29, 1.82) is 0 Å². The average Bonchev–Trinajstić information content (AvgIpc) is 3.01. The fourth-order valence-corrected chi connectivity index (χ4v) is 9.34. The smallest absolute Gasteiger partial charge is 0.338 e. The van der Waals surface area contributed by atoms with Crippen LogP contribution in [0.5, 0.6) is 0 Å². The maximum Gasteiger partial charge on any atom is 0.338 e. The second-order valence-electron chi connectivity index (χ2n) is 9.71. The number of nitrogens with one attached hydrogen (secondary N) is 1. The number of hydrogen-bond donors (Lipinski definition) is 1. The lowest BCUT2D eigenvalue weighted by Crippen LogP contribution is -2.37. The highest BCUT2D eigenvalue weighted by Gasteiger charge is 2.38. The Morgan fingerprint density at radius 3 is 1.90 bits per heavy atom. The second kappa shape index (κ2) is 11.8. The van der Waals surface area contributed by atoms with E-state index in [1.165, 1.54) is 13.2 Å². The van der Waals surface area contributed by atoms with Gasteiger partial charge in [0, 0.05) is 33.2 Å². The Morgan fingerprint density at radius 1 is 0.821 bits per heavy atom. The number of aromatic amines is 1. The summed E-state index contributed by atoms with van der Waals surface area (Å²) in [6.45, 7) is 0. The van der Waals surface area contributed by atoms with E-state index in [0.29, 0.717) is 16.6 Å².